The van der Waals surface area contributed by atoms with Crippen molar-refractivity contribution in [2.24, 2.45) is 0 Å². The molecule has 1 heterocycles. The van der Waals surface area contributed by atoms with Crippen molar-refractivity contribution in [2.45, 2.75) is 4.34 Å². The van der Waals surface area contributed by atoms with E-state index in [0.29, 0.717) is 17.9 Å². The second-order valence-corrected chi connectivity index (χ2v) is 6.63. The second kappa shape index (κ2) is 6.61. The number of para-hydroxylation sites is 2. The number of hydrogen-bond donors (Lipinski definition) is 0. The lowest BCUT2D eigenvalue weighted by Gasteiger charge is -2.06. The van der Waals surface area contributed by atoms with Crippen molar-refractivity contribution in [3.05, 3.63) is 54.1 Å². The van der Waals surface area contributed by atoms with Gasteiger partial charge in [-0.05, 0) is 24.3 Å². The van der Waals surface area contributed by atoms with E-state index in [0.717, 1.165) is 15.6 Å². The van der Waals surface area contributed by atoms with Gasteiger partial charge in [-0.1, -0.05) is 36.0 Å². The molecule has 3 rings (SSSR count). The normalized spacial score (nSPS) is 10.4. The predicted molar refractivity (Wildman–Crippen MR) is 87.0 cm³/mol. The Bertz CT molecular complexity index is 759. The van der Waals surface area contributed by atoms with E-state index in [9.17, 15) is 0 Å². The van der Waals surface area contributed by atoms with Crippen LogP contribution < -0.4 is 4.74 Å². The minimum absolute atomic E-state index is 0.555. The molecule has 3 nitrogen and oxygen atoms in total. The summed E-state index contributed by atoms with van der Waals surface area (Å²) >= 11 is 3.37. The van der Waals surface area contributed by atoms with Crippen LogP contribution in [0, 0.1) is 11.3 Å². The maximum Gasteiger partial charge on any atom is 0.151 e. The zero-order valence-electron chi connectivity index (χ0n) is 11.2. The zero-order valence-corrected chi connectivity index (χ0v) is 12.8. The number of rotatable bonds is 5. The van der Waals surface area contributed by atoms with Gasteiger partial charge in [0.1, 0.15) is 11.8 Å². The van der Waals surface area contributed by atoms with Crippen molar-refractivity contribution in [1.82, 2.24) is 4.98 Å². The Balaban J connectivity index is 1.55. The highest BCUT2D eigenvalue weighted by molar-refractivity contribution is 8.01. The van der Waals surface area contributed by atoms with Crippen LogP contribution in [0.5, 0.6) is 5.75 Å². The quantitative estimate of drug-likeness (QED) is 0.519. The lowest BCUT2D eigenvalue weighted by Crippen LogP contribution is -2.01. The number of benzene rings is 2. The molecule has 5 heteroatoms. The Hall–Kier alpha value is -2.03. The Morgan fingerprint density at radius 3 is 2.81 bits per heavy atom. The predicted octanol–water partition coefficient (Wildman–Crippen LogP) is 4.34. The molecule has 0 bridgehead atoms. The van der Waals surface area contributed by atoms with Gasteiger partial charge in [-0.3, -0.25) is 0 Å². The van der Waals surface area contributed by atoms with Crippen LogP contribution in [0.1, 0.15) is 5.56 Å². The molecule has 0 aliphatic heterocycles. The molecule has 3 aromatic rings. The number of nitriles is 1. The van der Waals surface area contributed by atoms with E-state index in [-0.39, 0.29) is 0 Å². The van der Waals surface area contributed by atoms with Gasteiger partial charge < -0.3 is 4.74 Å². The number of thiazole rings is 1. The van der Waals surface area contributed by atoms with Gasteiger partial charge in [-0.15, -0.1) is 11.3 Å². The monoisotopic (exact) mass is 312 g/mol. The summed E-state index contributed by atoms with van der Waals surface area (Å²) in [5.74, 6) is 1.45. The van der Waals surface area contributed by atoms with Crippen LogP contribution in [-0.2, 0) is 0 Å². The molecule has 1 aromatic heterocycles. The molecule has 0 aliphatic carbocycles. The molecule has 0 fully saturated rings. The molecule has 0 amide bonds. The largest absolute Gasteiger partial charge is 0.491 e. The van der Waals surface area contributed by atoms with Crippen LogP contribution in [0.15, 0.2) is 52.9 Å². The van der Waals surface area contributed by atoms with Gasteiger partial charge in [0.2, 0.25) is 0 Å². The van der Waals surface area contributed by atoms with Crippen molar-refractivity contribution in [3.8, 4) is 11.8 Å². The van der Waals surface area contributed by atoms with Crippen LogP contribution in [0.4, 0.5) is 0 Å². The molecule has 0 aliphatic rings. The molecule has 0 radical (unpaired) electrons. The third-order valence-electron chi connectivity index (χ3n) is 2.85. The van der Waals surface area contributed by atoms with Crippen molar-refractivity contribution in [3.63, 3.8) is 0 Å². The first-order valence-electron chi connectivity index (χ1n) is 6.47. The fraction of sp³-hybridized carbons (Fsp3) is 0.125. The first kappa shape index (κ1) is 13.9. The summed E-state index contributed by atoms with van der Waals surface area (Å²) in [5.41, 5.74) is 1.61. The van der Waals surface area contributed by atoms with E-state index in [2.05, 4.69) is 17.1 Å². The van der Waals surface area contributed by atoms with E-state index >= 15 is 0 Å². The lowest BCUT2D eigenvalue weighted by molar-refractivity contribution is 0.343. The van der Waals surface area contributed by atoms with Crippen molar-refractivity contribution >= 4 is 33.3 Å². The smallest absolute Gasteiger partial charge is 0.151 e. The van der Waals surface area contributed by atoms with E-state index < -0.39 is 0 Å². The summed E-state index contributed by atoms with van der Waals surface area (Å²) in [6.45, 7) is 0.555. The maximum atomic E-state index is 8.99. The van der Waals surface area contributed by atoms with E-state index in [4.69, 9.17) is 10.00 Å². The molecule has 0 saturated heterocycles. The second-order valence-electron chi connectivity index (χ2n) is 4.25. The van der Waals surface area contributed by atoms with Gasteiger partial charge in [-0.25, -0.2) is 4.98 Å². The summed E-state index contributed by atoms with van der Waals surface area (Å²) in [6, 6.07) is 17.5. The molecule has 2 aromatic carbocycles. The van der Waals surface area contributed by atoms with Crippen LogP contribution in [-0.4, -0.2) is 17.3 Å². The molecule has 0 spiro atoms. The Labute approximate surface area is 131 Å². The minimum atomic E-state index is 0.555. The summed E-state index contributed by atoms with van der Waals surface area (Å²) in [4.78, 5) is 4.56. The highest BCUT2D eigenvalue weighted by atomic mass is 32.2. The number of fused-ring (bicyclic) bond motifs is 1. The summed E-state index contributed by atoms with van der Waals surface area (Å²) in [6.07, 6.45) is 0. The van der Waals surface area contributed by atoms with Crippen molar-refractivity contribution in [2.75, 3.05) is 12.4 Å². The Morgan fingerprint density at radius 2 is 1.95 bits per heavy atom. The van der Waals surface area contributed by atoms with Crippen molar-refractivity contribution < 1.29 is 4.74 Å². The summed E-state index contributed by atoms with van der Waals surface area (Å²) in [5, 5.41) is 8.99. The van der Waals surface area contributed by atoms with Crippen LogP contribution >= 0.6 is 23.1 Å². The van der Waals surface area contributed by atoms with Gasteiger partial charge in [0, 0.05) is 5.75 Å². The molecule has 0 atom stereocenters. The molecule has 0 saturated carbocycles. The summed E-state index contributed by atoms with van der Waals surface area (Å²) in [7, 11) is 0. The van der Waals surface area contributed by atoms with Gasteiger partial charge in [0.05, 0.1) is 22.4 Å². The highest BCUT2D eigenvalue weighted by Crippen LogP contribution is 2.29. The van der Waals surface area contributed by atoms with Gasteiger partial charge in [-0.2, -0.15) is 5.26 Å². The van der Waals surface area contributed by atoms with Gasteiger partial charge >= 0.3 is 0 Å². The fourth-order valence-corrected chi connectivity index (χ4v) is 3.83. The average molecular weight is 312 g/mol. The average Bonchev–Trinajstić information content (AvgIpc) is 2.94. The molecule has 104 valence electrons. The molecule has 21 heavy (non-hydrogen) atoms. The number of nitrogens with zero attached hydrogens (tertiary/aromatic N) is 2. The number of thioether (sulfide) groups is 1. The third-order valence-corrected chi connectivity index (χ3v) is 4.99. The summed E-state index contributed by atoms with van der Waals surface area (Å²) < 4.78 is 7.91. The molecular formula is C16H12N2OS2. The zero-order chi connectivity index (χ0) is 14.5. The van der Waals surface area contributed by atoms with Crippen LogP contribution in [0.3, 0.4) is 0 Å². The third kappa shape index (κ3) is 3.35. The van der Waals surface area contributed by atoms with Gasteiger partial charge in [0.15, 0.2) is 4.34 Å². The van der Waals surface area contributed by atoms with E-state index in [1.165, 1.54) is 4.70 Å². The molecule has 0 unspecified atom stereocenters. The highest BCUT2D eigenvalue weighted by Gasteiger charge is 2.05. The molecular weight excluding hydrogens is 300 g/mol. The van der Waals surface area contributed by atoms with E-state index in [1.807, 2.05) is 36.4 Å². The number of aromatic nitrogens is 1. The number of ether oxygens (including phenoxy) is 1. The minimum Gasteiger partial charge on any atom is -0.491 e. The standard InChI is InChI=1S/C16H12N2OS2/c17-11-12-5-1-3-7-14(12)19-9-10-20-16-18-13-6-2-4-8-15(13)21-16/h1-8H,9-10H2. The van der Waals surface area contributed by atoms with Crippen LogP contribution in [0.25, 0.3) is 10.2 Å². The van der Waals surface area contributed by atoms with E-state index in [1.54, 1.807) is 29.2 Å². The molecule has 0 N–H and O–H groups in total. The SMILES string of the molecule is N#Cc1ccccc1OCCSc1nc2ccccc2s1. The van der Waals surface area contributed by atoms with Gasteiger partial charge in [0.25, 0.3) is 0 Å². The van der Waals surface area contributed by atoms with Crippen molar-refractivity contribution in [1.29, 1.82) is 5.26 Å². The number of hydrogen-bond acceptors (Lipinski definition) is 5. The maximum absolute atomic E-state index is 8.99. The van der Waals surface area contributed by atoms with Crippen LogP contribution in [0.2, 0.25) is 0 Å². The fourth-order valence-electron chi connectivity index (χ4n) is 1.88. The topological polar surface area (TPSA) is 45.9 Å². The first-order valence-corrected chi connectivity index (χ1v) is 8.27. The lowest BCUT2D eigenvalue weighted by atomic mass is 10.2. The Morgan fingerprint density at radius 1 is 1.14 bits per heavy atom. The first-order chi connectivity index (χ1) is 10.4. The Kier molecular flexibility index (Phi) is 4.39.